The molecule has 0 spiro atoms. The van der Waals surface area contributed by atoms with E-state index < -0.39 is 11.8 Å². The Kier molecular flexibility index (Phi) is 8.54. The molecule has 33 heavy (non-hydrogen) atoms. The van der Waals surface area contributed by atoms with Gasteiger partial charge in [-0.3, -0.25) is 14.4 Å². The summed E-state index contributed by atoms with van der Waals surface area (Å²) in [5.74, 6) is -1.34. The lowest BCUT2D eigenvalue weighted by Crippen LogP contribution is -2.41. The second-order valence-electron chi connectivity index (χ2n) is 7.72. The van der Waals surface area contributed by atoms with E-state index in [4.69, 9.17) is 9.47 Å². The van der Waals surface area contributed by atoms with Crippen LogP contribution in [0.1, 0.15) is 29.5 Å². The minimum absolute atomic E-state index is 0.0383. The van der Waals surface area contributed by atoms with E-state index in [9.17, 15) is 14.4 Å². The Morgan fingerprint density at radius 2 is 1.82 bits per heavy atom. The van der Waals surface area contributed by atoms with Crippen molar-refractivity contribution in [3.8, 4) is 5.75 Å². The third kappa shape index (κ3) is 7.43. The van der Waals surface area contributed by atoms with Crippen LogP contribution in [0, 0.1) is 13.8 Å². The standard InChI is InChI=1S/C24H28N4O5/c1-16-5-3-6-17(2)22(16)27-21(29)15-33-19-10-8-18(9-11-19)13-26-28-24(31)23(30)25-14-20-7-4-12-32-20/h3,5-6,8-11,13,20H,4,7,12,14-15H2,1-2H3,(H,25,30)(H,27,29)(H,28,31)/b26-13-/t20-/m1/s1. The van der Waals surface area contributed by atoms with Gasteiger partial charge in [-0.1, -0.05) is 18.2 Å². The van der Waals surface area contributed by atoms with Crippen molar-refractivity contribution in [2.75, 3.05) is 25.1 Å². The Hall–Kier alpha value is -3.72. The highest BCUT2D eigenvalue weighted by Crippen LogP contribution is 2.19. The molecule has 3 rings (SSSR count). The highest BCUT2D eigenvalue weighted by atomic mass is 16.5. The molecule has 2 aromatic rings. The number of carbonyl (C=O) groups is 3. The molecule has 1 aliphatic rings. The number of rotatable bonds is 8. The van der Waals surface area contributed by atoms with Gasteiger partial charge in [0.05, 0.1) is 12.3 Å². The summed E-state index contributed by atoms with van der Waals surface area (Å²) in [6.07, 6.45) is 3.20. The van der Waals surface area contributed by atoms with E-state index in [-0.39, 0.29) is 18.6 Å². The van der Waals surface area contributed by atoms with Gasteiger partial charge in [0.25, 0.3) is 5.91 Å². The van der Waals surface area contributed by atoms with Crippen molar-refractivity contribution in [2.24, 2.45) is 5.10 Å². The molecule has 9 heteroatoms. The van der Waals surface area contributed by atoms with E-state index in [1.165, 1.54) is 6.21 Å². The van der Waals surface area contributed by atoms with E-state index in [0.717, 1.165) is 29.7 Å². The second-order valence-corrected chi connectivity index (χ2v) is 7.72. The number of hydrazone groups is 1. The van der Waals surface area contributed by atoms with Crippen LogP contribution < -0.4 is 20.8 Å². The fourth-order valence-electron chi connectivity index (χ4n) is 3.29. The van der Waals surface area contributed by atoms with Crippen molar-refractivity contribution in [1.82, 2.24) is 10.7 Å². The van der Waals surface area contributed by atoms with Crippen molar-refractivity contribution in [2.45, 2.75) is 32.8 Å². The van der Waals surface area contributed by atoms with Gasteiger partial charge in [0.15, 0.2) is 6.61 Å². The van der Waals surface area contributed by atoms with E-state index in [1.54, 1.807) is 24.3 Å². The van der Waals surface area contributed by atoms with Gasteiger partial charge >= 0.3 is 11.8 Å². The lowest BCUT2D eigenvalue weighted by Gasteiger charge is -2.12. The molecule has 174 valence electrons. The first-order valence-corrected chi connectivity index (χ1v) is 10.7. The van der Waals surface area contributed by atoms with Gasteiger partial charge in [-0.05, 0) is 67.6 Å². The topological polar surface area (TPSA) is 118 Å². The maximum Gasteiger partial charge on any atom is 0.329 e. The Bertz CT molecular complexity index is 994. The molecule has 1 heterocycles. The number of amides is 3. The molecule has 1 aliphatic heterocycles. The van der Waals surface area contributed by atoms with Crippen molar-refractivity contribution >= 4 is 29.6 Å². The van der Waals surface area contributed by atoms with Crippen LogP contribution in [0.25, 0.3) is 0 Å². The normalized spacial score (nSPS) is 15.3. The van der Waals surface area contributed by atoms with E-state index in [1.807, 2.05) is 32.0 Å². The summed E-state index contributed by atoms with van der Waals surface area (Å²) in [6, 6.07) is 12.6. The fourth-order valence-corrected chi connectivity index (χ4v) is 3.29. The van der Waals surface area contributed by atoms with Gasteiger partial charge in [-0.25, -0.2) is 5.43 Å². The molecule has 0 aliphatic carbocycles. The predicted molar refractivity (Wildman–Crippen MR) is 124 cm³/mol. The minimum Gasteiger partial charge on any atom is -0.484 e. The summed E-state index contributed by atoms with van der Waals surface area (Å²) in [6.45, 7) is 4.73. The average Bonchev–Trinajstić information content (AvgIpc) is 3.33. The quantitative estimate of drug-likeness (QED) is 0.322. The summed E-state index contributed by atoms with van der Waals surface area (Å²) >= 11 is 0. The van der Waals surface area contributed by atoms with E-state index in [2.05, 4.69) is 21.2 Å². The summed E-state index contributed by atoms with van der Waals surface area (Å²) in [5.41, 5.74) is 5.63. The van der Waals surface area contributed by atoms with Crippen molar-refractivity contribution in [1.29, 1.82) is 0 Å². The minimum atomic E-state index is -0.848. The number of carbonyl (C=O) groups excluding carboxylic acids is 3. The number of ether oxygens (including phenoxy) is 2. The van der Waals surface area contributed by atoms with Crippen LogP contribution in [0.5, 0.6) is 5.75 Å². The largest absolute Gasteiger partial charge is 0.484 e. The molecule has 2 aromatic carbocycles. The predicted octanol–water partition coefficient (Wildman–Crippen LogP) is 2.07. The average molecular weight is 453 g/mol. The third-order valence-electron chi connectivity index (χ3n) is 5.10. The van der Waals surface area contributed by atoms with Crippen molar-refractivity contribution < 1.29 is 23.9 Å². The number of para-hydroxylation sites is 1. The van der Waals surface area contributed by atoms with Gasteiger partial charge < -0.3 is 20.1 Å². The van der Waals surface area contributed by atoms with Crippen LogP contribution in [0.2, 0.25) is 0 Å². The number of hydrogen-bond donors (Lipinski definition) is 3. The summed E-state index contributed by atoms with van der Waals surface area (Å²) in [7, 11) is 0. The number of anilines is 1. The van der Waals surface area contributed by atoms with Crippen molar-refractivity contribution in [3.05, 3.63) is 59.2 Å². The molecule has 0 radical (unpaired) electrons. The van der Waals surface area contributed by atoms with Crippen LogP contribution in [0.15, 0.2) is 47.6 Å². The Morgan fingerprint density at radius 1 is 1.09 bits per heavy atom. The first-order chi connectivity index (χ1) is 15.9. The molecule has 1 atom stereocenters. The van der Waals surface area contributed by atoms with Crippen LogP contribution in [0.4, 0.5) is 5.69 Å². The number of hydrogen-bond acceptors (Lipinski definition) is 6. The molecule has 0 unspecified atom stereocenters. The molecule has 0 bridgehead atoms. The smallest absolute Gasteiger partial charge is 0.329 e. The Morgan fingerprint density at radius 3 is 2.48 bits per heavy atom. The number of aryl methyl sites for hydroxylation is 2. The van der Waals surface area contributed by atoms with Gasteiger partial charge in [0.2, 0.25) is 0 Å². The van der Waals surface area contributed by atoms with Crippen molar-refractivity contribution in [3.63, 3.8) is 0 Å². The molecule has 3 N–H and O–H groups in total. The summed E-state index contributed by atoms with van der Waals surface area (Å²) in [4.78, 5) is 35.7. The SMILES string of the molecule is Cc1cccc(C)c1NC(=O)COc1ccc(/C=N\NC(=O)C(=O)NC[C@H]2CCCO2)cc1. The molecule has 0 aromatic heterocycles. The van der Waals surface area contributed by atoms with Crippen LogP contribution in [-0.2, 0) is 19.1 Å². The Balaban J connectivity index is 1.40. The molecule has 3 amide bonds. The van der Waals surface area contributed by atoms with E-state index >= 15 is 0 Å². The van der Waals surface area contributed by atoms with Gasteiger partial charge in [-0.2, -0.15) is 5.10 Å². The Labute approximate surface area is 192 Å². The first kappa shape index (κ1) is 23.9. The number of nitrogens with zero attached hydrogens (tertiary/aromatic N) is 1. The second kappa shape index (κ2) is 11.8. The maximum absolute atomic E-state index is 12.2. The molecule has 0 saturated carbocycles. The number of benzene rings is 2. The molecule has 9 nitrogen and oxygen atoms in total. The molecule has 1 fully saturated rings. The molecular formula is C24H28N4O5. The zero-order chi connectivity index (χ0) is 23.6. The zero-order valence-corrected chi connectivity index (χ0v) is 18.7. The number of nitrogens with one attached hydrogen (secondary N) is 3. The first-order valence-electron chi connectivity index (χ1n) is 10.7. The van der Waals surface area contributed by atoms with E-state index in [0.29, 0.717) is 24.5 Å². The third-order valence-corrected chi connectivity index (χ3v) is 5.10. The molecular weight excluding hydrogens is 424 g/mol. The summed E-state index contributed by atoms with van der Waals surface area (Å²) in [5, 5.41) is 9.18. The molecule has 1 saturated heterocycles. The van der Waals surface area contributed by atoms with Crippen LogP contribution in [-0.4, -0.2) is 49.8 Å². The maximum atomic E-state index is 12.2. The zero-order valence-electron chi connectivity index (χ0n) is 18.7. The summed E-state index contributed by atoms with van der Waals surface area (Å²) < 4.78 is 10.9. The fraction of sp³-hybridized carbons (Fsp3) is 0.333. The lowest BCUT2D eigenvalue weighted by molar-refractivity contribution is -0.139. The van der Waals surface area contributed by atoms with Crippen LogP contribution >= 0.6 is 0 Å². The van der Waals surface area contributed by atoms with Gasteiger partial charge in [0.1, 0.15) is 5.75 Å². The highest BCUT2D eigenvalue weighted by Gasteiger charge is 2.19. The highest BCUT2D eigenvalue weighted by molar-refractivity contribution is 6.35. The van der Waals surface area contributed by atoms with Crippen LogP contribution in [0.3, 0.4) is 0 Å². The monoisotopic (exact) mass is 452 g/mol. The van der Waals surface area contributed by atoms with Gasteiger partial charge in [0, 0.05) is 18.8 Å². The van der Waals surface area contributed by atoms with Gasteiger partial charge in [-0.15, -0.1) is 0 Å². The lowest BCUT2D eigenvalue weighted by atomic mass is 10.1.